The molecule has 0 aliphatic carbocycles. The number of carbonyl (C=O) groups excluding carboxylic acids is 1. The van der Waals surface area contributed by atoms with E-state index in [4.69, 9.17) is 0 Å². The number of aromatic nitrogens is 2. The van der Waals surface area contributed by atoms with Crippen LogP contribution in [-0.4, -0.2) is 22.1 Å². The Hall–Kier alpha value is -1.88. The molecule has 2 aromatic rings. The van der Waals surface area contributed by atoms with Gasteiger partial charge >= 0.3 is 0 Å². The summed E-state index contributed by atoms with van der Waals surface area (Å²) in [7, 11) is 0. The molecule has 0 saturated heterocycles. The first kappa shape index (κ1) is 18.5. The first-order valence-electron chi connectivity index (χ1n) is 8.19. The molecule has 1 heterocycles. The van der Waals surface area contributed by atoms with Crippen LogP contribution in [0.1, 0.15) is 48.7 Å². The van der Waals surface area contributed by atoms with Gasteiger partial charge in [0, 0.05) is 23.5 Å². The molecule has 128 valence electrons. The van der Waals surface area contributed by atoms with Crippen molar-refractivity contribution in [1.82, 2.24) is 9.97 Å². The Balaban J connectivity index is 2.05. The van der Waals surface area contributed by atoms with Gasteiger partial charge in [-0.25, -0.2) is 9.97 Å². The lowest BCUT2D eigenvalue weighted by atomic mass is 10.0. The second-order valence-corrected chi connectivity index (χ2v) is 6.92. The van der Waals surface area contributed by atoms with Crippen molar-refractivity contribution in [2.75, 3.05) is 11.6 Å². The van der Waals surface area contributed by atoms with Gasteiger partial charge in [0.25, 0.3) is 0 Å². The standard InChI is InChI=1S/C19H25N3OS/c1-12(2)15-8-6-7-9-17(15)22-18(23)11-10-16-13(3)20-19(24-5)21-14(16)4/h6-9,12H,10-11H2,1-5H3,(H,22,23). The van der Waals surface area contributed by atoms with E-state index in [0.717, 1.165) is 33.4 Å². The van der Waals surface area contributed by atoms with Gasteiger partial charge in [-0.15, -0.1) is 0 Å². The molecule has 0 atom stereocenters. The van der Waals surface area contributed by atoms with E-state index in [0.29, 0.717) is 18.8 Å². The number of thioether (sulfide) groups is 1. The number of aryl methyl sites for hydroxylation is 2. The number of amides is 1. The molecule has 0 saturated carbocycles. The van der Waals surface area contributed by atoms with Crippen molar-refractivity contribution in [3.63, 3.8) is 0 Å². The Morgan fingerprint density at radius 2 is 1.79 bits per heavy atom. The maximum absolute atomic E-state index is 12.4. The Bertz CT molecular complexity index is 705. The topological polar surface area (TPSA) is 54.9 Å². The summed E-state index contributed by atoms with van der Waals surface area (Å²) in [6.07, 6.45) is 3.05. The van der Waals surface area contributed by atoms with Crippen molar-refractivity contribution < 1.29 is 4.79 Å². The summed E-state index contributed by atoms with van der Waals surface area (Å²) < 4.78 is 0. The molecule has 1 aromatic heterocycles. The number of nitrogens with zero attached hydrogens (tertiary/aromatic N) is 2. The number of hydrogen-bond acceptors (Lipinski definition) is 4. The lowest BCUT2D eigenvalue weighted by Gasteiger charge is -2.14. The fourth-order valence-corrected chi connectivity index (χ4v) is 3.18. The van der Waals surface area contributed by atoms with Gasteiger partial charge in [0.1, 0.15) is 0 Å². The summed E-state index contributed by atoms with van der Waals surface area (Å²) in [6.45, 7) is 8.22. The zero-order chi connectivity index (χ0) is 17.7. The van der Waals surface area contributed by atoms with Gasteiger partial charge in [-0.05, 0) is 49.6 Å². The molecule has 1 N–H and O–H groups in total. The normalized spacial score (nSPS) is 10.9. The molecular weight excluding hydrogens is 318 g/mol. The highest BCUT2D eigenvalue weighted by molar-refractivity contribution is 7.98. The monoisotopic (exact) mass is 343 g/mol. The van der Waals surface area contributed by atoms with E-state index in [-0.39, 0.29) is 5.91 Å². The van der Waals surface area contributed by atoms with E-state index in [1.54, 1.807) is 0 Å². The molecule has 1 aromatic carbocycles. The third-order valence-corrected chi connectivity index (χ3v) is 4.59. The minimum absolute atomic E-state index is 0.0239. The lowest BCUT2D eigenvalue weighted by molar-refractivity contribution is -0.116. The van der Waals surface area contributed by atoms with Crippen LogP contribution in [0.25, 0.3) is 0 Å². The highest BCUT2D eigenvalue weighted by Gasteiger charge is 2.12. The van der Waals surface area contributed by atoms with Crippen LogP contribution in [0.2, 0.25) is 0 Å². The van der Waals surface area contributed by atoms with Crippen LogP contribution in [0.3, 0.4) is 0 Å². The summed E-state index contributed by atoms with van der Waals surface area (Å²) in [5.74, 6) is 0.398. The summed E-state index contributed by atoms with van der Waals surface area (Å²) in [4.78, 5) is 21.3. The molecule has 0 radical (unpaired) electrons. The zero-order valence-corrected chi connectivity index (χ0v) is 15.8. The maximum atomic E-state index is 12.4. The molecule has 0 unspecified atom stereocenters. The molecule has 2 rings (SSSR count). The van der Waals surface area contributed by atoms with Crippen LogP contribution in [0.15, 0.2) is 29.4 Å². The summed E-state index contributed by atoms with van der Waals surface area (Å²) in [5, 5.41) is 3.82. The van der Waals surface area contributed by atoms with E-state index in [1.165, 1.54) is 11.8 Å². The van der Waals surface area contributed by atoms with E-state index >= 15 is 0 Å². The van der Waals surface area contributed by atoms with Crippen LogP contribution in [0, 0.1) is 13.8 Å². The maximum Gasteiger partial charge on any atom is 0.224 e. The van der Waals surface area contributed by atoms with Crippen LogP contribution in [0.4, 0.5) is 5.69 Å². The molecular formula is C19H25N3OS. The molecule has 0 fully saturated rings. The van der Waals surface area contributed by atoms with Gasteiger partial charge in [-0.3, -0.25) is 4.79 Å². The van der Waals surface area contributed by atoms with E-state index < -0.39 is 0 Å². The summed E-state index contributed by atoms with van der Waals surface area (Å²) in [6, 6.07) is 7.97. The van der Waals surface area contributed by atoms with Crippen LogP contribution >= 0.6 is 11.8 Å². The van der Waals surface area contributed by atoms with Crippen molar-refractivity contribution in [2.45, 2.75) is 51.6 Å². The number of carbonyl (C=O) groups is 1. The predicted octanol–water partition coefficient (Wildman–Crippen LogP) is 4.51. The number of hydrogen-bond donors (Lipinski definition) is 1. The minimum atomic E-state index is 0.0239. The lowest BCUT2D eigenvalue weighted by Crippen LogP contribution is -2.15. The highest BCUT2D eigenvalue weighted by Crippen LogP contribution is 2.24. The third-order valence-electron chi connectivity index (χ3n) is 4.04. The smallest absolute Gasteiger partial charge is 0.224 e. The average Bonchev–Trinajstić information content (AvgIpc) is 2.54. The number of nitrogens with one attached hydrogen (secondary N) is 1. The Kier molecular flexibility index (Phi) is 6.37. The Labute approximate surface area is 148 Å². The first-order valence-corrected chi connectivity index (χ1v) is 9.41. The summed E-state index contributed by atoms with van der Waals surface area (Å²) in [5.41, 5.74) is 5.05. The molecule has 4 nitrogen and oxygen atoms in total. The third kappa shape index (κ3) is 4.57. The first-order chi connectivity index (χ1) is 11.4. The van der Waals surface area contributed by atoms with E-state index in [9.17, 15) is 4.79 Å². The number of para-hydroxylation sites is 1. The van der Waals surface area contributed by atoms with Crippen LogP contribution in [0.5, 0.6) is 0 Å². The molecule has 0 aliphatic rings. The van der Waals surface area contributed by atoms with E-state index in [1.807, 2.05) is 38.3 Å². The second-order valence-electron chi connectivity index (χ2n) is 6.15. The van der Waals surface area contributed by atoms with Gasteiger partial charge in [-0.1, -0.05) is 43.8 Å². The van der Waals surface area contributed by atoms with Crippen molar-refractivity contribution in [3.8, 4) is 0 Å². The Morgan fingerprint density at radius 1 is 1.17 bits per heavy atom. The predicted molar refractivity (Wildman–Crippen MR) is 101 cm³/mol. The van der Waals surface area contributed by atoms with Crippen LogP contribution < -0.4 is 5.32 Å². The highest BCUT2D eigenvalue weighted by atomic mass is 32.2. The van der Waals surface area contributed by atoms with Gasteiger partial charge < -0.3 is 5.32 Å². The molecule has 0 bridgehead atoms. The Morgan fingerprint density at radius 3 is 2.38 bits per heavy atom. The van der Waals surface area contributed by atoms with Crippen molar-refractivity contribution in [1.29, 1.82) is 0 Å². The molecule has 5 heteroatoms. The van der Waals surface area contributed by atoms with Crippen molar-refractivity contribution >= 4 is 23.4 Å². The molecule has 1 amide bonds. The van der Waals surface area contributed by atoms with Crippen molar-refractivity contribution in [3.05, 3.63) is 46.8 Å². The molecule has 0 aliphatic heterocycles. The van der Waals surface area contributed by atoms with Gasteiger partial charge in [0.05, 0.1) is 0 Å². The van der Waals surface area contributed by atoms with E-state index in [2.05, 4.69) is 35.2 Å². The zero-order valence-electron chi connectivity index (χ0n) is 15.0. The van der Waals surface area contributed by atoms with Gasteiger partial charge in [0.2, 0.25) is 5.91 Å². The number of benzene rings is 1. The molecule has 0 spiro atoms. The fourth-order valence-electron chi connectivity index (χ4n) is 2.73. The fraction of sp³-hybridized carbons (Fsp3) is 0.421. The number of anilines is 1. The van der Waals surface area contributed by atoms with Gasteiger partial charge in [0.15, 0.2) is 5.16 Å². The molecule has 24 heavy (non-hydrogen) atoms. The largest absolute Gasteiger partial charge is 0.326 e. The van der Waals surface area contributed by atoms with Gasteiger partial charge in [-0.2, -0.15) is 0 Å². The average molecular weight is 343 g/mol. The quantitative estimate of drug-likeness (QED) is 0.619. The number of rotatable bonds is 6. The van der Waals surface area contributed by atoms with Crippen molar-refractivity contribution in [2.24, 2.45) is 0 Å². The summed E-state index contributed by atoms with van der Waals surface area (Å²) >= 11 is 1.53. The minimum Gasteiger partial charge on any atom is -0.326 e. The SMILES string of the molecule is CSc1nc(C)c(CCC(=O)Nc2ccccc2C(C)C)c(C)n1. The van der Waals surface area contributed by atoms with Crippen LogP contribution in [-0.2, 0) is 11.2 Å². The second kappa shape index (κ2) is 8.29.